The molecular formula is C17H19BrO3. The van der Waals surface area contributed by atoms with E-state index in [2.05, 4.69) is 15.9 Å². The second-order valence-corrected chi connectivity index (χ2v) is 5.73. The number of halogens is 1. The largest absolute Gasteiger partial charge is 0.493 e. The van der Waals surface area contributed by atoms with Gasteiger partial charge in [0.1, 0.15) is 0 Å². The van der Waals surface area contributed by atoms with Crippen molar-refractivity contribution < 1.29 is 14.6 Å². The van der Waals surface area contributed by atoms with Gasteiger partial charge in [-0.3, -0.25) is 0 Å². The van der Waals surface area contributed by atoms with Crippen LogP contribution in [0.15, 0.2) is 46.9 Å². The zero-order chi connectivity index (χ0) is 15.4. The zero-order valence-electron chi connectivity index (χ0n) is 12.3. The van der Waals surface area contributed by atoms with Crippen LogP contribution in [0.25, 0.3) is 0 Å². The minimum Gasteiger partial charge on any atom is -0.493 e. The van der Waals surface area contributed by atoms with E-state index in [-0.39, 0.29) is 5.92 Å². The third kappa shape index (κ3) is 3.39. The molecule has 0 saturated carbocycles. The van der Waals surface area contributed by atoms with Gasteiger partial charge in [0, 0.05) is 10.4 Å². The first kappa shape index (κ1) is 15.9. The summed E-state index contributed by atoms with van der Waals surface area (Å²) >= 11 is 3.50. The molecule has 0 heterocycles. The molecule has 0 bridgehead atoms. The van der Waals surface area contributed by atoms with E-state index in [9.17, 15) is 5.11 Å². The standard InChI is InChI=1S/C17H19BrO3/c1-11(12-7-5-4-6-8-12)17(19)13-9-15(20-2)16(21-3)10-14(13)18/h4-11,17,19H,1-3H3. The highest BCUT2D eigenvalue weighted by Crippen LogP contribution is 2.40. The number of benzene rings is 2. The molecule has 4 heteroatoms. The Morgan fingerprint density at radius 3 is 2.14 bits per heavy atom. The van der Waals surface area contributed by atoms with Gasteiger partial charge >= 0.3 is 0 Å². The molecular weight excluding hydrogens is 332 g/mol. The quantitative estimate of drug-likeness (QED) is 0.873. The molecule has 2 atom stereocenters. The first-order valence-corrected chi connectivity index (χ1v) is 7.52. The Balaban J connectivity index is 2.37. The van der Waals surface area contributed by atoms with Gasteiger partial charge < -0.3 is 14.6 Å². The summed E-state index contributed by atoms with van der Waals surface area (Å²) < 4.78 is 11.4. The van der Waals surface area contributed by atoms with E-state index in [1.165, 1.54) is 0 Å². The van der Waals surface area contributed by atoms with Crippen LogP contribution in [0.1, 0.15) is 30.1 Å². The van der Waals surface area contributed by atoms with Crippen molar-refractivity contribution in [2.75, 3.05) is 14.2 Å². The molecule has 0 aromatic heterocycles. The van der Waals surface area contributed by atoms with E-state index in [1.54, 1.807) is 14.2 Å². The predicted molar refractivity (Wildman–Crippen MR) is 87.1 cm³/mol. The first-order valence-electron chi connectivity index (χ1n) is 6.73. The fraction of sp³-hybridized carbons (Fsp3) is 0.294. The molecule has 21 heavy (non-hydrogen) atoms. The van der Waals surface area contributed by atoms with Crippen molar-refractivity contribution in [1.29, 1.82) is 0 Å². The molecule has 0 fully saturated rings. The maximum absolute atomic E-state index is 10.7. The molecule has 1 N–H and O–H groups in total. The van der Waals surface area contributed by atoms with Gasteiger partial charge in [0.05, 0.1) is 20.3 Å². The second kappa shape index (κ2) is 6.96. The summed E-state index contributed by atoms with van der Waals surface area (Å²) in [5.41, 5.74) is 1.87. The number of hydrogen-bond donors (Lipinski definition) is 1. The molecule has 2 rings (SSSR count). The summed E-state index contributed by atoms with van der Waals surface area (Å²) in [6.07, 6.45) is -0.637. The van der Waals surface area contributed by atoms with Gasteiger partial charge in [0.25, 0.3) is 0 Å². The fourth-order valence-electron chi connectivity index (χ4n) is 2.30. The Morgan fingerprint density at radius 2 is 1.57 bits per heavy atom. The third-order valence-electron chi connectivity index (χ3n) is 3.62. The molecule has 2 aromatic rings. The van der Waals surface area contributed by atoms with Crippen molar-refractivity contribution in [3.8, 4) is 11.5 Å². The van der Waals surface area contributed by atoms with Crippen LogP contribution in [0.3, 0.4) is 0 Å². The summed E-state index contributed by atoms with van der Waals surface area (Å²) in [6, 6.07) is 13.6. The molecule has 0 radical (unpaired) electrons. The van der Waals surface area contributed by atoms with Crippen molar-refractivity contribution >= 4 is 15.9 Å². The maximum Gasteiger partial charge on any atom is 0.161 e. The van der Waals surface area contributed by atoms with Crippen molar-refractivity contribution in [2.24, 2.45) is 0 Å². The molecule has 0 saturated heterocycles. The lowest BCUT2D eigenvalue weighted by Gasteiger charge is -2.22. The molecule has 0 aliphatic heterocycles. The number of aliphatic hydroxyl groups is 1. The number of ether oxygens (including phenoxy) is 2. The summed E-state index contributed by atoms with van der Waals surface area (Å²) in [6.45, 7) is 2.00. The minimum atomic E-state index is -0.637. The first-order chi connectivity index (χ1) is 10.1. The van der Waals surface area contributed by atoms with E-state index in [1.807, 2.05) is 49.4 Å². The molecule has 0 spiro atoms. The molecule has 3 nitrogen and oxygen atoms in total. The highest BCUT2D eigenvalue weighted by Gasteiger charge is 2.22. The number of hydrogen-bond acceptors (Lipinski definition) is 3. The van der Waals surface area contributed by atoms with Crippen LogP contribution in [0, 0.1) is 0 Å². The summed E-state index contributed by atoms with van der Waals surface area (Å²) in [7, 11) is 3.18. The Hall–Kier alpha value is -1.52. The van der Waals surface area contributed by atoms with Crippen molar-refractivity contribution in [2.45, 2.75) is 18.9 Å². The Bertz CT molecular complexity index is 598. The Labute approximate surface area is 133 Å². The van der Waals surface area contributed by atoms with Crippen LogP contribution < -0.4 is 9.47 Å². The van der Waals surface area contributed by atoms with Gasteiger partial charge in [-0.1, -0.05) is 53.2 Å². The summed E-state index contributed by atoms with van der Waals surface area (Å²) in [5.74, 6) is 1.21. The van der Waals surface area contributed by atoms with Gasteiger partial charge in [-0.25, -0.2) is 0 Å². The number of aliphatic hydroxyl groups excluding tert-OH is 1. The van der Waals surface area contributed by atoms with Crippen molar-refractivity contribution in [3.63, 3.8) is 0 Å². The van der Waals surface area contributed by atoms with Crippen LogP contribution in [-0.4, -0.2) is 19.3 Å². The lowest BCUT2D eigenvalue weighted by Crippen LogP contribution is -2.09. The second-order valence-electron chi connectivity index (χ2n) is 4.87. The van der Waals surface area contributed by atoms with E-state index in [0.717, 1.165) is 15.6 Å². The van der Waals surface area contributed by atoms with Crippen LogP contribution in [0.4, 0.5) is 0 Å². The van der Waals surface area contributed by atoms with Crippen LogP contribution in [-0.2, 0) is 0 Å². The van der Waals surface area contributed by atoms with Crippen molar-refractivity contribution in [3.05, 3.63) is 58.1 Å². The number of rotatable bonds is 5. The highest BCUT2D eigenvalue weighted by atomic mass is 79.9. The van der Waals surface area contributed by atoms with Gasteiger partial charge in [0.2, 0.25) is 0 Å². The SMILES string of the molecule is COc1cc(Br)c(C(O)C(C)c2ccccc2)cc1OC. The average molecular weight is 351 g/mol. The number of methoxy groups -OCH3 is 2. The van der Waals surface area contributed by atoms with E-state index < -0.39 is 6.10 Å². The monoisotopic (exact) mass is 350 g/mol. The molecule has 112 valence electrons. The van der Waals surface area contributed by atoms with Gasteiger partial charge in [-0.2, -0.15) is 0 Å². The van der Waals surface area contributed by atoms with Crippen LogP contribution >= 0.6 is 15.9 Å². The van der Waals surface area contributed by atoms with Crippen molar-refractivity contribution in [1.82, 2.24) is 0 Å². The lowest BCUT2D eigenvalue weighted by molar-refractivity contribution is 0.150. The molecule has 0 aliphatic rings. The molecule has 2 aromatic carbocycles. The fourth-order valence-corrected chi connectivity index (χ4v) is 2.86. The van der Waals surface area contributed by atoms with Gasteiger partial charge in [-0.05, 0) is 23.3 Å². The Morgan fingerprint density at radius 1 is 1.00 bits per heavy atom. The topological polar surface area (TPSA) is 38.7 Å². The maximum atomic E-state index is 10.7. The minimum absolute atomic E-state index is 0.0272. The smallest absolute Gasteiger partial charge is 0.161 e. The Kier molecular flexibility index (Phi) is 5.26. The highest BCUT2D eigenvalue weighted by molar-refractivity contribution is 9.10. The molecule has 2 unspecified atom stereocenters. The van der Waals surface area contributed by atoms with E-state index >= 15 is 0 Å². The lowest BCUT2D eigenvalue weighted by atomic mass is 9.91. The summed E-state index contributed by atoms with van der Waals surface area (Å²) in [5, 5.41) is 10.7. The summed E-state index contributed by atoms with van der Waals surface area (Å²) in [4.78, 5) is 0. The van der Waals surface area contributed by atoms with Gasteiger partial charge in [-0.15, -0.1) is 0 Å². The normalized spacial score (nSPS) is 13.6. The molecule has 0 aliphatic carbocycles. The predicted octanol–water partition coefficient (Wildman–Crippen LogP) is 4.30. The molecule has 0 amide bonds. The van der Waals surface area contributed by atoms with E-state index in [4.69, 9.17) is 9.47 Å². The average Bonchev–Trinajstić information content (AvgIpc) is 2.54. The van der Waals surface area contributed by atoms with E-state index in [0.29, 0.717) is 11.5 Å². The van der Waals surface area contributed by atoms with Crippen LogP contribution in [0.2, 0.25) is 0 Å². The third-order valence-corrected chi connectivity index (χ3v) is 4.31. The van der Waals surface area contributed by atoms with Gasteiger partial charge in [0.15, 0.2) is 11.5 Å². The zero-order valence-corrected chi connectivity index (χ0v) is 13.9. The van der Waals surface area contributed by atoms with Crippen LogP contribution in [0.5, 0.6) is 11.5 Å².